The molecular weight excluding hydrogens is 211 g/mol. The molecular formula is C11H13FN2O2. The second-order valence-corrected chi connectivity index (χ2v) is 3.98. The molecule has 1 aromatic heterocycles. The minimum Gasteiger partial charge on any atom is -0.396 e. The Labute approximate surface area is 92.7 Å². The lowest BCUT2D eigenvalue weighted by molar-refractivity contribution is 0.0781. The number of aromatic nitrogens is 1. The summed E-state index contributed by atoms with van der Waals surface area (Å²) < 4.78 is 12.9. The molecule has 5 heteroatoms. The van der Waals surface area contributed by atoms with E-state index in [0.29, 0.717) is 13.1 Å². The van der Waals surface area contributed by atoms with Crippen molar-refractivity contribution in [2.24, 2.45) is 5.92 Å². The van der Waals surface area contributed by atoms with Gasteiger partial charge in [-0.3, -0.25) is 9.78 Å². The van der Waals surface area contributed by atoms with Gasteiger partial charge in [-0.25, -0.2) is 4.39 Å². The van der Waals surface area contributed by atoms with Gasteiger partial charge in [0, 0.05) is 31.8 Å². The van der Waals surface area contributed by atoms with Gasteiger partial charge < -0.3 is 10.0 Å². The predicted octanol–water partition coefficient (Wildman–Crippen LogP) is 0.675. The highest BCUT2D eigenvalue weighted by Crippen LogP contribution is 2.18. The van der Waals surface area contributed by atoms with Crippen LogP contribution in [0.5, 0.6) is 0 Å². The number of aliphatic hydroxyl groups is 1. The fourth-order valence-corrected chi connectivity index (χ4v) is 1.88. The maximum atomic E-state index is 12.9. The number of hydrogen-bond acceptors (Lipinski definition) is 3. The Kier molecular flexibility index (Phi) is 3.14. The summed E-state index contributed by atoms with van der Waals surface area (Å²) in [7, 11) is 0. The summed E-state index contributed by atoms with van der Waals surface area (Å²) in [6.07, 6.45) is 3.22. The van der Waals surface area contributed by atoms with Crippen molar-refractivity contribution in [3.63, 3.8) is 0 Å². The summed E-state index contributed by atoms with van der Waals surface area (Å²) in [4.78, 5) is 17.2. The molecule has 0 aromatic carbocycles. The minimum atomic E-state index is -0.510. The molecule has 1 N–H and O–H groups in total. The van der Waals surface area contributed by atoms with Gasteiger partial charge in [-0.2, -0.15) is 0 Å². The van der Waals surface area contributed by atoms with Crippen molar-refractivity contribution in [3.8, 4) is 0 Å². The van der Waals surface area contributed by atoms with E-state index in [0.717, 1.165) is 12.6 Å². The molecule has 1 aliphatic rings. The lowest BCUT2D eigenvalue weighted by Crippen LogP contribution is -2.29. The topological polar surface area (TPSA) is 53.4 Å². The van der Waals surface area contributed by atoms with Gasteiger partial charge in [0.1, 0.15) is 5.82 Å². The van der Waals surface area contributed by atoms with Gasteiger partial charge >= 0.3 is 0 Å². The van der Waals surface area contributed by atoms with Crippen LogP contribution < -0.4 is 0 Å². The van der Waals surface area contributed by atoms with Crippen molar-refractivity contribution in [1.82, 2.24) is 9.88 Å². The van der Waals surface area contributed by atoms with E-state index < -0.39 is 5.82 Å². The maximum absolute atomic E-state index is 12.9. The van der Waals surface area contributed by atoms with Crippen molar-refractivity contribution in [3.05, 3.63) is 29.8 Å². The Morgan fingerprint density at radius 1 is 1.62 bits per heavy atom. The van der Waals surface area contributed by atoms with Crippen molar-refractivity contribution in [2.45, 2.75) is 6.42 Å². The summed E-state index contributed by atoms with van der Waals surface area (Å²) in [5, 5.41) is 8.97. The van der Waals surface area contributed by atoms with Gasteiger partial charge in [0.05, 0.1) is 11.8 Å². The average molecular weight is 224 g/mol. The number of halogens is 1. The van der Waals surface area contributed by atoms with Crippen LogP contribution in [0, 0.1) is 11.7 Å². The molecule has 4 nitrogen and oxygen atoms in total. The van der Waals surface area contributed by atoms with E-state index in [4.69, 9.17) is 5.11 Å². The van der Waals surface area contributed by atoms with Gasteiger partial charge in [-0.15, -0.1) is 0 Å². The van der Waals surface area contributed by atoms with E-state index in [1.165, 1.54) is 12.3 Å². The number of amides is 1. The van der Waals surface area contributed by atoms with Crippen LogP contribution in [0.3, 0.4) is 0 Å². The van der Waals surface area contributed by atoms with Crippen molar-refractivity contribution in [2.75, 3.05) is 19.7 Å². The first-order valence-electron chi connectivity index (χ1n) is 5.21. The van der Waals surface area contributed by atoms with Gasteiger partial charge in [0.25, 0.3) is 5.91 Å². The van der Waals surface area contributed by atoms with E-state index >= 15 is 0 Å². The molecule has 2 rings (SSSR count). The highest BCUT2D eigenvalue weighted by molar-refractivity contribution is 5.94. The monoisotopic (exact) mass is 224 g/mol. The molecule has 1 atom stereocenters. The molecule has 1 fully saturated rings. The molecule has 0 radical (unpaired) electrons. The third-order valence-corrected chi connectivity index (χ3v) is 2.78. The van der Waals surface area contributed by atoms with E-state index in [9.17, 15) is 9.18 Å². The molecule has 1 amide bonds. The quantitative estimate of drug-likeness (QED) is 0.803. The summed E-state index contributed by atoms with van der Waals surface area (Å²) in [6, 6.07) is 1.18. The van der Waals surface area contributed by atoms with E-state index in [2.05, 4.69) is 4.98 Å². The minimum absolute atomic E-state index is 0.0885. The van der Waals surface area contributed by atoms with Crippen LogP contribution in [0.15, 0.2) is 18.5 Å². The summed E-state index contributed by atoms with van der Waals surface area (Å²) in [5.74, 6) is -0.586. The second-order valence-electron chi connectivity index (χ2n) is 3.98. The number of pyridine rings is 1. The van der Waals surface area contributed by atoms with Crippen LogP contribution in [-0.2, 0) is 0 Å². The Bertz CT molecular complexity index is 397. The molecule has 0 spiro atoms. The van der Waals surface area contributed by atoms with Crippen LogP contribution in [0.1, 0.15) is 16.8 Å². The molecule has 1 aromatic rings. The number of rotatable bonds is 2. The third-order valence-electron chi connectivity index (χ3n) is 2.78. The first-order valence-corrected chi connectivity index (χ1v) is 5.21. The maximum Gasteiger partial charge on any atom is 0.255 e. The first kappa shape index (κ1) is 11.0. The van der Waals surface area contributed by atoms with Gasteiger partial charge in [0.15, 0.2) is 0 Å². The lowest BCUT2D eigenvalue weighted by atomic mass is 10.1. The predicted molar refractivity (Wildman–Crippen MR) is 55.3 cm³/mol. The van der Waals surface area contributed by atoms with E-state index in [-0.39, 0.29) is 24.0 Å². The number of carbonyl (C=O) groups is 1. The van der Waals surface area contributed by atoms with E-state index in [1.807, 2.05) is 0 Å². The zero-order chi connectivity index (χ0) is 11.5. The Hall–Kier alpha value is -1.49. The fraction of sp³-hybridized carbons (Fsp3) is 0.455. The molecule has 86 valence electrons. The zero-order valence-corrected chi connectivity index (χ0v) is 8.77. The standard InChI is InChI=1S/C11H13FN2O2/c12-10-3-9(4-13-5-10)11(16)14-2-1-8(6-14)7-15/h3-5,8,15H,1-2,6-7H2/t8-/m0/s1. The largest absolute Gasteiger partial charge is 0.396 e. The molecule has 16 heavy (non-hydrogen) atoms. The van der Waals surface area contributed by atoms with Crippen LogP contribution >= 0.6 is 0 Å². The number of carbonyl (C=O) groups excluding carboxylic acids is 1. The van der Waals surface area contributed by atoms with Crippen LogP contribution in [0.4, 0.5) is 4.39 Å². The number of likely N-dealkylation sites (tertiary alicyclic amines) is 1. The highest BCUT2D eigenvalue weighted by Gasteiger charge is 2.26. The number of nitrogens with zero attached hydrogens (tertiary/aromatic N) is 2. The normalized spacial score (nSPS) is 20.1. The fourth-order valence-electron chi connectivity index (χ4n) is 1.88. The molecule has 0 bridgehead atoms. The summed E-state index contributed by atoms with van der Waals surface area (Å²) in [6.45, 7) is 1.23. The Morgan fingerprint density at radius 2 is 2.44 bits per heavy atom. The van der Waals surface area contributed by atoms with Crippen LogP contribution in [0.25, 0.3) is 0 Å². The molecule has 0 aliphatic carbocycles. The zero-order valence-electron chi connectivity index (χ0n) is 8.77. The lowest BCUT2D eigenvalue weighted by Gasteiger charge is -2.15. The van der Waals surface area contributed by atoms with Crippen molar-refractivity contribution in [1.29, 1.82) is 0 Å². The highest BCUT2D eigenvalue weighted by atomic mass is 19.1. The number of hydrogen-bond donors (Lipinski definition) is 1. The van der Waals surface area contributed by atoms with Crippen molar-refractivity contribution >= 4 is 5.91 Å². The smallest absolute Gasteiger partial charge is 0.255 e. The molecule has 1 saturated heterocycles. The van der Waals surface area contributed by atoms with Crippen LogP contribution in [0.2, 0.25) is 0 Å². The number of aliphatic hydroxyl groups excluding tert-OH is 1. The van der Waals surface area contributed by atoms with Gasteiger partial charge in [0.2, 0.25) is 0 Å². The first-order chi connectivity index (χ1) is 7.70. The van der Waals surface area contributed by atoms with Gasteiger partial charge in [-0.05, 0) is 12.5 Å². The second kappa shape index (κ2) is 4.57. The molecule has 2 heterocycles. The SMILES string of the molecule is O=C(c1cncc(F)c1)N1CC[C@H](CO)C1. The molecule has 0 saturated carbocycles. The third kappa shape index (κ3) is 2.19. The summed E-state index contributed by atoms with van der Waals surface area (Å²) in [5.41, 5.74) is 0.263. The molecule has 1 aliphatic heterocycles. The Morgan fingerprint density at radius 3 is 3.06 bits per heavy atom. The van der Waals surface area contributed by atoms with Crippen LogP contribution in [-0.4, -0.2) is 40.6 Å². The molecule has 0 unspecified atom stereocenters. The van der Waals surface area contributed by atoms with Crippen molar-refractivity contribution < 1.29 is 14.3 Å². The Balaban J connectivity index is 2.08. The van der Waals surface area contributed by atoms with E-state index in [1.54, 1.807) is 4.90 Å². The average Bonchev–Trinajstić information content (AvgIpc) is 2.76. The summed E-state index contributed by atoms with van der Waals surface area (Å²) >= 11 is 0. The van der Waals surface area contributed by atoms with Gasteiger partial charge in [-0.1, -0.05) is 0 Å².